The molecule has 0 aliphatic carbocycles. The lowest BCUT2D eigenvalue weighted by molar-refractivity contribution is -0.384. The molecule has 0 radical (unpaired) electrons. The predicted octanol–water partition coefficient (Wildman–Crippen LogP) is 5.02. The minimum Gasteiger partial charge on any atom is -0.378 e. The van der Waals surface area contributed by atoms with Crippen LogP contribution in [0, 0.1) is 16.0 Å². The van der Waals surface area contributed by atoms with Crippen molar-refractivity contribution in [2.75, 3.05) is 5.32 Å². The molecule has 6 heteroatoms. The molecule has 0 saturated carbocycles. The first-order valence-electron chi connectivity index (χ1n) is 7.71. The van der Waals surface area contributed by atoms with Gasteiger partial charge in [0.05, 0.1) is 11.0 Å². The third kappa shape index (κ3) is 4.32. The maximum absolute atomic E-state index is 12.2. The number of ketones is 1. The van der Waals surface area contributed by atoms with E-state index in [1.165, 1.54) is 12.1 Å². The molecule has 2 atom stereocenters. The molecule has 0 saturated heterocycles. The van der Waals surface area contributed by atoms with Gasteiger partial charge in [-0.25, -0.2) is 0 Å². The van der Waals surface area contributed by atoms with Crippen LogP contribution in [0.3, 0.4) is 0 Å². The van der Waals surface area contributed by atoms with E-state index in [4.69, 9.17) is 11.6 Å². The Balaban J connectivity index is 2.32. The van der Waals surface area contributed by atoms with Crippen molar-refractivity contribution in [1.82, 2.24) is 0 Å². The highest BCUT2D eigenvalue weighted by Gasteiger charge is 2.25. The van der Waals surface area contributed by atoms with Gasteiger partial charge in [-0.05, 0) is 29.8 Å². The van der Waals surface area contributed by atoms with Crippen molar-refractivity contribution in [3.63, 3.8) is 0 Å². The Hall–Kier alpha value is -2.40. The van der Waals surface area contributed by atoms with Crippen molar-refractivity contribution in [3.8, 4) is 0 Å². The van der Waals surface area contributed by atoms with Crippen molar-refractivity contribution in [2.24, 2.45) is 5.92 Å². The standard InChI is InChI=1S/C18H19ClN2O3/c1-3-17(22)12(2)18(20-15-8-6-14(19)7-9-15)13-4-10-16(11-5-13)21(23)24/h4-12,18,20H,3H2,1-2H3/t12-,18-/m0/s1. The Labute approximate surface area is 145 Å². The first kappa shape index (κ1) is 17.9. The summed E-state index contributed by atoms with van der Waals surface area (Å²) in [6.07, 6.45) is 0.437. The fourth-order valence-corrected chi connectivity index (χ4v) is 2.66. The number of Topliss-reactive ketones (excluding diaryl/α,β-unsaturated/α-hetero) is 1. The second-order valence-corrected chi connectivity index (χ2v) is 6.02. The molecule has 0 amide bonds. The Kier molecular flexibility index (Phi) is 5.93. The molecule has 2 aromatic carbocycles. The predicted molar refractivity (Wildman–Crippen MR) is 95.4 cm³/mol. The maximum atomic E-state index is 12.2. The van der Waals surface area contributed by atoms with E-state index in [0.29, 0.717) is 11.4 Å². The largest absolute Gasteiger partial charge is 0.378 e. The summed E-state index contributed by atoms with van der Waals surface area (Å²) in [7, 11) is 0. The number of nitrogens with one attached hydrogen (secondary N) is 1. The molecule has 0 aliphatic heterocycles. The Bertz CT molecular complexity index is 714. The number of carbonyl (C=O) groups excluding carboxylic acids is 1. The molecule has 0 spiro atoms. The number of rotatable bonds is 7. The number of halogens is 1. The number of nitro benzene ring substituents is 1. The number of benzene rings is 2. The van der Waals surface area contributed by atoms with E-state index in [1.807, 2.05) is 26.0 Å². The zero-order valence-corrected chi connectivity index (χ0v) is 14.3. The molecule has 2 aromatic rings. The van der Waals surface area contributed by atoms with Gasteiger partial charge in [0.15, 0.2) is 0 Å². The summed E-state index contributed by atoms with van der Waals surface area (Å²) in [6, 6.07) is 13.2. The summed E-state index contributed by atoms with van der Waals surface area (Å²) in [5.41, 5.74) is 1.68. The third-order valence-electron chi connectivity index (χ3n) is 3.99. The van der Waals surface area contributed by atoms with Crippen molar-refractivity contribution < 1.29 is 9.72 Å². The molecule has 2 rings (SSSR count). The molecule has 0 heterocycles. The molecule has 1 N–H and O–H groups in total. The Morgan fingerprint density at radius 2 is 1.75 bits per heavy atom. The van der Waals surface area contributed by atoms with E-state index >= 15 is 0 Å². The van der Waals surface area contributed by atoms with Crippen LogP contribution in [-0.2, 0) is 4.79 Å². The van der Waals surface area contributed by atoms with Crippen LogP contribution in [0.1, 0.15) is 31.9 Å². The normalized spacial score (nSPS) is 13.1. The van der Waals surface area contributed by atoms with Crippen molar-refractivity contribution in [3.05, 3.63) is 69.2 Å². The smallest absolute Gasteiger partial charge is 0.269 e. The average Bonchev–Trinajstić information content (AvgIpc) is 2.60. The van der Waals surface area contributed by atoms with E-state index in [2.05, 4.69) is 5.32 Å². The third-order valence-corrected chi connectivity index (χ3v) is 4.24. The summed E-state index contributed by atoms with van der Waals surface area (Å²) in [6.45, 7) is 3.69. The van der Waals surface area contributed by atoms with E-state index in [-0.39, 0.29) is 23.4 Å². The molecule has 126 valence electrons. The van der Waals surface area contributed by atoms with Gasteiger partial charge in [-0.15, -0.1) is 0 Å². The minimum atomic E-state index is -0.438. The van der Waals surface area contributed by atoms with E-state index < -0.39 is 4.92 Å². The lowest BCUT2D eigenvalue weighted by Crippen LogP contribution is -2.25. The lowest BCUT2D eigenvalue weighted by atomic mass is 9.89. The topological polar surface area (TPSA) is 72.2 Å². The molecule has 0 bridgehead atoms. The Morgan fingerprint density at radius 1 is 1.17 bits per heavy atom. The monoisotopic (exact) mass is 346 g/mol. The fourth-order valence-electron chi connectivity index (χ4n) is 2.53. The van der Waals surface area contributed by atoms with Gasteiger partial charge in [0.2, 0.25) is 0 Å². The van der Waals surface area contributed by atoms with Crippen LogP contribution >= 0.6 is 11.6 Å². The number of nitro groups is 1. The molecule has 0 aromatic heterocycles. The molecular weight excluding hydrogens is 328 g/mol. The van der Waals surface area contributed by atoms with Gasteiger partial charge in [0.1, 0.15) is 5.78 Å². The quantitative estimate of drug-likeness (QED) is 0.564. The highest BCUT2D eigenvalue weighted by Crippen LogP contribution is 2.29. The van der Waals surface area contributed by atoms with E-state index in [1.54, 1.807) is 24.3 Å². The number of hydrogen-bond acceptors (Lipinski definition) is 4. The molecule has 24 heavy (non-hydrogen) atoms. The number of hydrogen-bond donors (Lipinski definition) is 1. The van der Waals surface area contributed by atoms with E-state index in [0.717, 1.165) is 11.3 Å². The van der Waals surface area contributed by atoms with Gasteiger partial charge in [-0.3, -0.25) is 14.9 Å². The van der Waals surface area contributed by atoms with E-state index in [9.17, 15) is 14.9 Å². The fraction of sp³-hybridized carbons (Fsp3) is 0.278. The van der Waals surface area contributed by atoms with Crippen LogP contribution in [0.15, 0.2) is 48.5 Å². The number of anilines is 1. The van der Waals surface area contributed by atoms with Gasteiger partial charge >= 0.3 is 0 Å². The maximum Gasteiger partial charge on any atom is 0.269 e. The van der Waals surface area contributed by atoms with Gasteiger partial charge in [0.25, 0.3) is 5.69 Å². The summed E-state index contributed by atoms with van der Waals surface area (Å²) in [5.74, 6) is -0.146. The molecular formula is C18H19ClN2O3. The van der Waals surface area contributed by atoms with Crippen LogP contribution in [-0.4, -0.2) is 10.7 Å². The first-order chi connectivity index (χ1) is 11.4. The average molecular weight is 347 g/mol. The second-order valence-electron chi connectivity index (χ2n) is 5.59. The lowest BCUT2D eigenvalue weighted by Gasteiger charge is -2.25. The van der Waals surface area contributed by atoms with Crippen LogP contribution in [0.4, 0.5) is 11.4 Å². The number of non-ortho nitro benzene ring substituents is 1. The zero-order valence-electron chi connectivity index (χ0n) is 13.5. The van der Waals surface area contributed by atoms with Crippen LogP contribution in [0.25, 0.3) is 0 Å². The summed E-state index contributed by atoms with van der Waals surface area (Å²) in [4.78, 5) is 22.6. The van der Waals surface area contributed by atoms with Crippen molar-refractivity contribution >= 4 is 28.8 Å². The van der Waals surface area contributed by atoms with Crippen LogP contribution < -0.4 is 5.32 Å². The molecule has 5 nitrogen and oxygen atoms in total. The highest BCUT2D eigenvalue weighted by molar-refractivity contribution is 6.30. The number of carbonyl (C=O) groups is 1. The molecule has 0 unspecified atom stereocenters. The zero-order chi connectivity index (χ0) is 17.7. The summed E-state index contributed by atoms with van der Waals surface area (Å²) < 4.78 is 0. The van der Waals surface area contributed by atoms with Gasteiger partial charge in [-0.1, -0.05) is 37.6 Å². The molecule has 0 aliphatic rings. The molecule has 0 fully saturated rings. The number of nitrogens with zero attached hydrogens (tertiary/aromatic N) is 1. The van der Waals surface area contributed by atoms with Gasteiger partial charge in [-0.2, -0.15) is 0 Å². The Morgan fingerprint density at radius 3 is 2.25 bits per heavy atom. The highest BCUT2D eigenvalue weighted by atomic mass is 35.5. The SMILES string of the molecule is CCC(=O)[C@H](C)[C@H](Nc1ccc(Cl)cc1)c1ccc([N+](=O)[O-])cc1. The van der Waals surface area contributed by atoms with Gasteiger partial charge < -0.3 is 5.32 Å². The first-order valence-corrected chi connectivity index (χ1v) is 8.09. The van der Waals surface area contributed by atoms with Crippen molar-refractivity contribution in [2.45, 2.75) is 26.3 Å². The van der Waals surface area contributed by atoms with Crippen LogP contribution in [0.2, 0.25) is 5.02 Å². The summed E-state index contributed by atoms with van der Waals surface area (Å²) in [5, 5.41) is 14.8. The van der Waals surface area contributed by atoms with Crippen molar-refractivity contribution in [1.29, 1.82) is 0 Å². The second kappa shape index (κ2) is 7.93. The summed E-state index contributed by atoms with van der Waals surface area (Å²) >= 11 is 5.90. The van der Waals surface area contributed by atoms with Crippen LogP contribution in [0.5, 0.6) is 0 Å². The van der Waals surface area contributed by atoms with Gasteiger partial charge in [0, 0.05) is 35.2 Å². The minimum absolute atomic E-state index is 0.0264.